The Balaban J connectivity index is 1.23. The first kappa shape index (κ1) is 18.1. The van der Waals surface area contributed by atoms with Crippen molar-refractivity contribution in [1.82, 2.24) is 10.2 Å². The maximum Gasteiger partial charge on any atom is 0.232 e. The monoisotopic (exact) mass is 397 g/mol. The van der Waals surface area contributed by atoms with Gasteiger partial charge in [-0.05, 0) is 87.3 Å². The van der Waals surface area contributed by atoms with Crippen LogP contribution in [-0.2, 0) is 11.4 Å². The quantitative estimate of drug-likeness (QED) is 0.780. The third-order valence-corrected chi connectivity index (χ3v) is 7.93. The van der Waals surface area contributed by atoms with Crippen LogP contribution in [0.5, 0.6) is 5.75 Å². The third-order valence-electron chi connectivity index (χ3n) is 7.11. The predicted octanol–water partition coefficient (Wildman–Crippen LogP) is 4.89. The zero-order valence-corrected chi connectivity index (χ0v) is 17.3. The molecule has 6 rings (SSSR count). The van der Waals surface area contributed by atoms with Gasteiger partial charge in [-0.3, -0.25) is 4.79 Å². The Kier molecular flexibility index (Phi) is 4.42. The van der Waals surface area contributed by atoms with E-state index in [-0.39, 0.29) is 11.3 Å². The molecule has 0 atom stereocenters. The number of carbonyl (C=O) groups excluding carboxylic acids is 1. The number of hydrogen-bond donors (Lipinski definition) is 1. The number of benzene rings is 1. The summed E-state index contributed by atoms with van der Waals surface area (Å²) in [4.78, 5) is 13.1. The standard InChI is InChI=1S/C22H27N3O2S/c1-13-4-3-5-18(14(13)2)27-12-19-24-25-21(28-19)23-20(26)22-9-15-6-16(10-22)8-17(7-15)11-22/h3-5,15-17H,6-12H2,1-2H3,(H,23,25,26). The van der Waals surface area contributed by atoms with Crippen molar-refractivity contribution in [2.45, 2.75) is 59.0 Å². The van der Waals surface area contributed by atoms with Gasteiger partial charge in [-0.15, -0.1) is 10.2 Å². The Hall–Kier alpha value is -1.95. The topological polar surface area (TPSA) is 64.1 Å². The molecule has 28 heavy (non-hydrogen) atoms. The van der Waals surface area contributed by atoms with E-state index in [1.807, 2.05) is 12.1 Å². The Morgan fingerprint density at radius 1 is 1.14 bits per heavy atom. The molecule has 4 aliphatic rings. The van der Waals surface area contributed by atoms with Crippen molar-refractivity contribution in [1.29, 1.82) is 0 Å². The molecule has 4 bridgehead atoms. The molecule has 1 aromatic heterocycles. The lowest BCUT2D eigenvalue weighted by atomic mass is 9.49. The van der Waals surface area contributed by atoms with Crippen molar-refractivity contribution in [3.05, 3.63) is 34.3 Å². The van der Waals surface area contributed by atoms with Crippen LogP contribution in [0.15, 0.2) is 18.2 Å². The van der Waals surface area contributed by atoms with Gasteiger partial charge in [-0.1, -0.05) is 23.5 Å². The Morgan fingerprint density at radius 3 is 2.50 bits per heavy atom. The summed E-state index contributed by atoms with van der Waals surface area (Å²) in [5.74, 6) is 3.31. The van der Waals surface area contributed by atoms with Crippen LogP contribution in [0.3, 0.4) is 0 Å². The number of aryl methyl sites for hydroxylation is 1. The van der Waals surface area contributed by atoms with E-state index in [0.29, 0.717) is 11.7 Å². The summed E-state index contributed by atoms with van der Waals surface area (Å²) < 4.78 is 5.92. The van der Waals surface area contributed by atoms with Gasteiger partial charge in [0, 0.05) is 0 Å². The first-order valence-electron chi connectivity index (χ1n) is 10.3. The molecule has 1 N–H and O–H groups in total. The molecule has 4 saturated carbocycles. The number of aromatic nitrogens is 2. The van der Waals surface area contributed by atoms with Crippen LogP contribution in [0, 0.1) is 37.0 Å². The van der Waals surface area contributed by atoms with E-state index in [4.69, 9.17) is 4.74 Å². The molecule has 0 radical (unpaired) electrons. The van der Waals surface area contributed by atoms with Crippen LogP contribution in [0.4, 0.5) is 5.13 Å². The molecule has 1 amide bonds. The van der Waals surface area contributed by atoms with Gasteiger partial charge < -0.3 is 10.1 Å². The minimum absolute atomic E-state index is 0.157. The van der Waals surface area contributed by atoms with E-state index in [1.165, 1.54) is 36.2 Å². The van der Waals surface area contributed by atoms with Gasteiger partial charge in [0.25, 0.3) is 0 Å². The molecule has 0 saturated heterocycles. The number of anilines is 1. The Labute approximate surface area is 169 Å². The van der Waals surface area contributed by atoms with E-state index in [2.05, 4.69) is 35.4 Å². The van der Waals surface area contributed by atoms with Crippen molar-refractivity contribution in [2.24, 2.45) is 23.2 Å². The fraction of sp³-hybridized carbons (Fsp3) is 0.591. The minimum Gasteiger partial charge on any atom is -0.486 e. The van der Waals surface area contributed by atoms with Crippen molar-refractivity contribution >= 4 is 22.4 Å². The predicted molar refractivity (Wildman–Crippen MR) is 109 cm³/mol. The van der Waals surface area contributed by atoms with Crippen LogP contribution >= 0.6 is 11.3 Å². The summed E-state index contributed by atoms with van der Waals surface area (Å²) in [6, 6.07) is 6.04. The highest BCUT2D eigenvalue weighted by Gasteiger charge is 2.54. The second-order valence-electron chi connectivity index (χ2n) is 9.14. The van der Waals surface area contributed by atoms with E-state index >= 15 is 0 Å². The lowest BCUT2D eigenvalue weighted by Gasteiger charge is -2.55. The number of nitrogens with zero attached hydrogens (tertiary/aromatic N) is 2. The van der Waals surface area contributed by atoms with Gasteiger partial charge in [0.2, 0.25) is 11.0 Å². The van der Waals surface area contributed by atoms with Crippen molar-refractivity contribution in [3.63, 3.8) is 0 Å². The highest BCUT2D eigenvalue weighted by Crippen LogP contribution is 2.60. The molecule has 0 aliphatic heterocycles. The highest BCUT2D eigenvalue weighted by molar-refractivity contribution is 7.15. The van der Waals surface area contributed by atoms with Gasteiger partial charge in [-0.2, -0.15) is 0 Å². The van der Waals surface area contributed by atoms with Crippen molar-refractivity contribution < 1.29 is 9.53 Å². The van der Waals surface area contributed by atoms with Crippen LogP contribution in [0.1, 0.15) is 54.7 Å². The van der Waals surface area contributed by atoms with Gasteiger partial charge in [0.15, 0.2) is 5.01 Å². The van der Waals surface area contributed by atoms with E-state index in [9.17, 15) is 4.79 Å². The summed E-state index contributed by atoms with van der Waals surface area (Å²) in [6.07, 6.45) is 7.20. The number of amides is 1. The summed E-state index contributed by atoms with van der Waals surface area (Å²) >= 11 is 1.42. The maximum atomic E-state index is 13.1. The molecule has 148 valence electrons. The summed E-state index contributed by atoms with van der Waals surface area (Å²) in [5.41, 5.74) is 2.19. The SMILES string of the molecule is Cc1cccc(OCc2nnc(NC(=O)C34CC5CC(CC(C5)C3)C4)s2)c1C. The number of ether oxygens (including phenoxy) is 1. The van der Waals surface area contributed by atoms with E-state index < -0.39 is 0 Å². The molecule has 5 nitrogen and oxygen atoms in total. The molecule has 6 heteroatoms. The average molecular weight is 398 g/mol. The first-order valence-corrected chi connectivity index (χ1v) is 11.2. The van der Waals surface area contributed by atoms with Crippen LogP contribution in [-0.4, -0.2) is 16.1 Å². The van der Waals surface area contributed by atoms with Crippen molar-refractivity contribution in [3.8, 4) is 5.75 Å². The second-order valence-corrected chi connectivity index (χ2v) is 10.2. The molecular formula is C22H27N3O2S. The Morgan fingerprint density at radius 2 is 1.82 bits per heavy atom. The number of carbonyl (C=O) groups is 1. The molecule has 0 unspecified atom stereocenters. The van der Waals surface area contributed by atoms with Crippen LogP contribution < -0.4 is 10.1 Å². The Bertz CT molecular complexity index is 872. The fourth-order valence-electron chi connectivity index (χ4n) is 6.00. The average Bonchev–Trinajstić information content (AvgIpc) is 3.09. The molecule has 4 fully saturated rings. The van der Waals surface area contributed by atoms with Gasteiger partial charge in [0.1, 0.15) is 12.4 Å². The summed E-state index contributed by atoms with van der Waals surface area (Å²) in [7, 11) is 0. The van der Waals surface area contributed by atoms with Gasteiger partial charge in [0.05, 0.1) is 5.41 Å². The third kappa shape index (κ3) is 3.21. The maximum absolute atomic E-state index is 13.1. The zero-order chi connectivity index (χ0) is 19.3. The lowest BCUT2D eigenvalue weighted by molar-refractivity contribution is -0.140. The largest absolute Gasteiger partial charge is 0.486 e. The van der Waals surface area contributed by atoms with Gasteiger partial charge in [-0.25, -0.2) is 0 Å². The summed E-state index contributed by atoms with van der Waals surface area (Å²) in [5, 5.41) is 12.9. The van der Waals surface area contributed by atoms with Gasteiger partial charge >= 0.3 is 0 Å². The van der Waals surface area contributed by atoms with Crippen LogP contribution in [0.25, 0.3) is 0 Å². The number of nitrogens with one attached hydrogen (secondary N) is 1. The molecule has 2 aromatic rings. The number of rotatable bonds is 5. The minimum atomic E-state index is -0.157. The van der Waals surface area contributed by atoms with E-state index in [1.54, 1.807) is 0 Å². The normalized spacial score (nSPS) is 30.4. The van der Waals surface area contributed by atoms with Crippen LogP contribution in [0.2, 0.25) is 0 Å². The highest BCUT2D eigenvalue weighted by atomic mass is 32.1. The van der Waals surface area contributed by atoms with E-state index in [0.717, 1.165) is 53.3 Å². The molecule has 0 spiro atoms. The fourth-order valence-corrected chi connectivity index (χ4v) is 6.65. The molecule has 4 aliphatic carbocycles. The van der Waals surface area contributed by atoms with Crippen molar-refractivity contribution in [2.75, 3.05) is 5.32 Å². The summed E-state index contributed by atoms with van der Waals surface area (Å²) in [6.45, 7) is 4.50. The second kappa shape index (κ2) is 6.83. The molecule has 1 aromatic carbocycles. The molecule has 1 heterocycles. The number of hydrogen-bond acceptors (Lipinski definition) is 5. The molecular weight excluding hydrogens is 370 g/mol. The smallest absolute Gasteiger partial charge is 0.232 e. The lowest BCUT2D eigenvalue weighted by Crippen LogP contribution is -2.51. The first-order chi connectivity index (χ1) is 13.5. The zero-order valence-electron chi connectivity index (χ0n) is 16.5.